The van der Waals surface area contributed by atoms with Crippen molar-refractivity contribution in [3.63, 3.8) is 0 Å². The second-order valence-corrected chi connectivity index (χ2v) is 7.97. The lowest BCUT2D eigenvalue weighted by molar-refractivity contribution is 0.188. The van der Waals surface area contributed by atoms with Crippen LogP contribution in [-0.4, -0.2) is 40.4 Å². The number of allylic oxidation sites excluding steroid dienone is 1. The van der Waals surface area contributed by atoms with Crippen LogP contribution in [0.4, 0.5) is 0 Å². The highest BCUT2D eigenvalue weighted by molar-refractivity contribution is 7.80. The van der Waals surface area contributed by atoms with Crippen molar-refractivity contribution < 1.29 is 9.26 Å². The predicted molar refractivity (Wildman–Crippen MR) is 125 cm³/mol. The van der Waals surface area contributed by atoms with Crippen molar-refractivity contribution in [3.05, 3.63) is 77.3 Å². The summed E-state index contributed by atoms with van der Waals surface area (Å²) in [5.41, 5.74) is 5.14. The molecule has 1 aromatic heterocycles. The standard InChI is InChI=1S/C24H26N4O2S/c1-16-10-12-19(13-11-16)22-26-23(30-27-22)20-17(2)28(14-7-15-29-3)24(31)25-21(20)18-8-5-4-6-9-18/h4-6,8-13,21H,7,14-15H2,1-3H3,(H,25,31). The third-order valence-corrected chi connectivity index (χ3v) is 5.76. The molecule has 7 heteroatoms. The van der Waals surface area contributed by atoms with E-state index < -0.39 is 0 Å². The number of methoxy groups -OCH3 is 1. The maximum Gasteiger partial charge on any atom is 0.258 e. The summed E-state index contributed by atoms with van der Waals surface area (Å²) in [7, 11) is 1.71. The van der Waals surface area contributed by atoms with Gasteiger partial charge in [0.1, 0.15) is 0 Å². The molecule has 1 unspecified atom stereocenters. The van der Waals surface area contributed by atoms with E-state index in [1.807, 2.05) is 42.5 Å². The first-order valence-corrected chi connectivity index (χ1v) is 10.7. The number of aryl methyl sites for hydroxylation is 1. The van der Waals surface area contributed by atoms with Gasteiger partial charge in [0.25, 0.3) is 5.89 Å². The van der Waals surface area contributed by atoms with E-state index in [0.29, 0.717) is 23.4 Å². The molecule has 31 heavy (non-hydrogen) atoms. The van der Waals surface area contributed by atoms with E-state index in [4.69, 9.17) is 26.5 Å². The highest BCUT2D eigenvalue weighted by Gasteiger charge is 2.33. The van der Waals surface area contributed by atoms with E-state index >= 15 is 0 Å². The van der Waals surface area contributed by atoms with Gasteiger partial charge in [-0.3, -0.25) is 0 Å². The number of nitrogens with zero attached hydrogens (tertiary/aromatic N) is 3. The predicted octanol–water partition coefficient (Wildman–Crippen LogP) is 4.74. The molecule has 0 aliphatic carbocycles. The Hall–Kier alpha value is -3.03. The van der Waals surface area contributed by atoms with Crippen molar-refractivity contribution in [1.82, 2.24) is 20.4 Å². The van der Waals surface area contributed by atoms with Crippen LogP contribution in [0.1, 0.15) is 36.4 Å². The number of aromatic nitrogens is 2. The van der Waals surface area contributed by atoms with E-state index in [2.05, 4.69) is 41.4 Å². The quantitative estimate of drug-likeness (QED) is 0.425. The molecule has 160 valence electrons. The van der Waals surface area contributed by atoms with Crippen LogP contribution < -0.4 is 5.32 Å². The monoisotopic (exact) mass is 434 g/mol. The van der Waals surface area contributed by atoms with Crippen LogP contribution in [0.25, 0.3) is 17.0 Å². The van der Waals surface area contributed by atoms with Gasteiger partial charge in [0, 0.05) is 31.5 Å². The molecule has 0 spiro atoms. The molecule has 1 N–H and O–H groups in total. The van der Waals surface area contributed by atoms with Crippen LogP contribution >= 0.6 is 12.2 Å². The van der Waals surface area contributed by atoms with Gasteiger partial charge in [-0.1, -0.05) is 65.3 Å². The Morgan fingerprint density at radius 2 is 1.84 bits per heavy atom. The SMILES string of the molecule is COCCCN1C(=S)NC(c2ccccc2)C(c2nc(-c3ccc(C)cc3)no2)=C1C. The average Bonchev–Trinajstić information content (AvgIpc) is 3.26. The fourth-order valence-electron chi connectivity index (χ4n) is 3.74. The maximum atomic E-state index is 5.77. The van der Waals surface area contributed by atoms with E-state index in [9.17, 15) is 0 Å². The minimum absolute atomic E-state index is 0.168. The van der Waals surface area contributed by atoms with Gasteiger partial charge in [0.2, 0.25) is 5.82 Å². The third-order valence-electron chi connectivity index (χ3n) is 5.43. The summed E-state index contributed by atoms with van der Waals surface area (Å²) in [5.74, 6) is 1.06. The summed E-state index contributed by atoms with van der Waals surface area (Å²) in [6.07, 6.45) is 0.859. The summed E-state index contributed by atoms with van der Waals surface area (Å²) >= 11 is 5.70. The molecule has 6 nitrogen and oxygen atoms in total. The summed E-state index contributed by atoms with van der Waals surface area (Å²) in [6.45, 7) is 5.53. The number of hydrogen-bond acceptors (Lipinski definition) is 5. The molecule has 0 amide bonds. The Kier molecular flexibility index (Phi) is 6.44. The van der Waals surface area contributed by atoms with Crippen LogP contribution in [0.3, 0.4) is 0 Å². The molecule has 4 rings (SSSR count). The number of thiocarbonyl (C=S) groups is 1. The van der Waals surface area contributed by atoms with Crippen LogP contribution in [0.15, 0.2) is 64.8 Å². The molecule has 0 bridgehead atoms. The zero-order valence-corrected chi connectivity index (χ0v) is 18.8. The number of nitrogens with one attached hydrogen (secondary N) is 1. The topological polar surface area (TPSA) is 63.4 Å². The van der Waals surface area contributed by atoms with Crippen molar-refractivity contribution in [2.45, 2.75) is 26.3 Å². The molecule has 1 atom stereocenters. The molecule has 3 aromatic rings. The minimum Gasteiger partial charge on any atom is -0.385 e. The Labute approximate surface area is 187 Å². The highest BCUT2D eigenvalue weighted by atomic mass is 32.1. The number of hydrogen-bond donors (Lipinski definition) is 1. The third kappa shape index (κ3) is 4.52. The van der Waals surface area contributed by atoms with Crippen LogP contribution in [0.5, 0.6) is 0 Å². The fourth-order valence-corrected chi connectivity index (χ4v) is 4.09. The molecular formula is C24H26N4O2S. The lowest BCUT2D eigenvalue weighted by Gasteiger charge is -2.37. The van der Waals surface area contributed by atoms with Crippen LogP contribution in [-0.2, 0) is 4.74 Å². The Bertz CT molecular complexity index is 1080. The van der Waals surface area contributed by atoms with Gasteiger partial charge in [0.05, 0.1) is 11.6 Å². The van der Waals surface area contributed by atoms with Gasteiger partial charge in [-0.05, 0) is 38.0 Å². The highest BCUT2D eigenvalue weighted by Crippen LogP contribution is 2.37. The second kappa shape index (κ2) is 9.41. The van der Waals surface area contributed by atoms with E-state index in [1.165, 1.54) is 5.56 Å². The van der Waals surface area contributed by atoms with Crippen molar-refractivity contribution in [2.24, 2.45) is 0 Å². The van der Waals surface area contributed by atoms with Crippen molar-refractivity contribution in [3.8, 4) is 11.4 Å². The van der Waals surface area contributed by atoms with E-state index in [-0.39, 0.29) is 6.04 Å². The van der Waals surface area contributed by atoms with Crippen LogP contribution in [0, 0.1) is 6.92 Å². The zero-order chi connectivity index (χ0) is 21.8. The summed E-state index contributed by atoms with van der Waals surface area (Å²) in [4.78, 5) is 6.83. The normalized spacial score (nSPS) is 16.5. The molecule has 0 saturated heterocycles. The van der Waals surface area contributed by atoms with Crippen molar-refractivity contribution >= 4 is 22.9 Å². The summed E-state index contributed by atoms with van der Waals surface area (Å²) in [6, 6.07) is 18.1. The first-order valence-electron chi connectivity index (χ1n) is 10.3. The van der Waals surface area contributed by atoms with Gasteiger partial charge in [0.15, 0.2) is 5.11 Å². The lowest BCUT2D eigenvalue weighted by Crippen LogP contribution is -2.46. The molecule has 0 radical (unpaired) electrons. The lowest BCUT2D eigenvalue weighted by atomic mass is 9.95. The maximum absolute atomic E-state index is 5.77. The van der Waals surface area contributed by atoms with Gasteiger partial charge in [-0.25, -0.2) is 0 Å². The minimum atomic E-state index is -0.168. The molecule has 0 saturated carbocycles. The Balaban J connectivity index is 1.75. The van der Waals surface area contributed by atoms with E-state index in [1.54, 1.807) is 7.11 Å². The van der Waals surface area contributed by atoms with Gasteiger partial charge < -0.3 is 19.5 Å². The number of rotatable bonds is 7. The molecular weight excluding hydrogens is 408 g/mol. The Morgan fingerprint density at radius 3 is 2.55 bits per heavy atom. The molecule has 1 aliphatic heterocycles. The summed E-state index contributed by atoms with van der Waals surface area (Å²) < 4.78 is 11.0. The van der Waals surface area contributed by atoms with E-state index in [0.717, 1.165) is 35.4 Å². The Morgan fingerprint density at radius 1 is 1.10 bits per heavy atom. The number of benzene rings is 2. The van der Waals surface area contributed by atoms with Crippen LogP contribution in [0.2, 0.25) is 0 Å². The second-order valence-electron chi connectivity index (χ2n) is 7.58. The van der Waals surface area contributed by atoms with Crippen molar-refractivity contribution in [2.75, 3.05) is 20.3 Å². The van der Waals surface area contributed by atoms with Gasteiger partial charge in [-0.15, -0.1) is 0 Å². The first kappa shape index (κ1) is 21.2. The fraction of sp³-hybridized carbons (Fsp3) is 0.292. The summed E-state index contributed by atoms with van der Waals surface area (Å²) in [5, 5.41) is 8.41. The first-order chi connectivity index (χ1) is 15.1. The molecule has 0 fully saturated rings. The van der Waals surface area contributed by atoms with Gasteiger partial charge in [-0.2, -0.15) is 4.98 Å². The average molecular weight is 435 g/mol. The van der Waals surface area contributed by atoms with Crippen molar-refractivity contribution in [1.29, 1.82) is 0 Å². The molecule has 2 aromatic carbocycles. The molecule has 2 heterocycles. The van der Waals surface area contributed by atoms with Gasteiger partial charge >= 0.3 is 0 Å². The number of ether oxygens (including phenoxy) is 1. The smallest absolute Gasteiger partial charge is 0.258 e. The molecule has 1 aliphatic rings. The largest absolute Gasteiger partial charge is 0.385 e. The zero-order valence-electron chi connectivity index (χ0n) is 18.0.